The first-order valence-electron chi connectivity index (χ1n) is 8.64. The smallest absolute Gasteiger partial charge is 0.0746 e. The zero-order chi connectivity index (χ0) is 16.3. The number of aromatic nitrogens is 1. The topological polar surface area (TPSA) is 40.3 Å². The summed E-state index contributed by atoms with van der Waals surface area (Å²) in [4.78, 5) is 6.08. The average Bonchev–Trinajstić information content (AvgIpc) is 3.16. The number of aromatic amines is 1. The highest BCUT2D eigenvalue weighted by atomic mass is 16.5. The van der Waals surface area contributed by atoms with Crippen molar-refractivity contribution in [1.82, 2.24) is 15.2 Å². The molecule has 2 heterocycles. The second kappa shape index (κ2) is 7.04. The molecule has 2 N–H and O–H groups in total. The first-order chi connectivity index (χ1) is 11.1. The number of benzene rings is 1. The zero-order valence-corrected chi connectivity index (χ0v) is 14.6. The normalized spacial score (nSPS) is 16.5. The highest BCUT2D eigenvalue weighted by Crippen LogP contribution is 2.20. The van der Waals surface area contributed by atoms with Crippen molar-refractivity contribution in [3.8, 4) is 0 Å². The Bertz CT molecular complexity index is 641. The van der Waals surface area contributed by atoms with Gasteiger partial charge in [-0.1, -0.05) is 6.07 Å². The van der Waals surface area contributed by atoms with Gasteiger partial charge in [0.1, 0.15) is 0 Å². The van der Waals surface area contributed by atoms with E-state index >= 15 is 0 Å². The van der Waals surface area contributed by atoms with Crippen molar-refractivity contribution in [2.75, 3.05) is 26.7 Å². The third kappa shape index (κ3) is 4.34. The summed E-state index contributed by atoms with van der Waals surface area (Å²) in [6, 6.07) is 8.98. The van der Waals surface area contributed by atoms with Crippen LogP contribution in [0, 0.1) is 0 Å². The summed E-state index contributed by atoms with van der Waals surface area (Å²) in [5.74, 6) is 0. The van der Waals surface area contributed by atoms with Crippen LogP contribution in [-0.2, 0) is 17.8 Å². The number of ether oxygens (including phenoxy) is 1. The lowest BCUT2D eigenvalue weighted by Gasteiger charge is -2.23. The van der Waals surface area contributed by atoms with E-state index in [0.29, 0.717) is 0 Å². The minimum absolute atomic E-state index is 0.124. The van der Waals surface area contributed by atoms with Crippen LogP contribution in [0.2, 0.25) is 0 Å². The van der Waals surface area contributed by atoms with Crippen molar-refractivity contribution in [2.24, 2.45) is 0 Å². The fourth-order valence-electron chi connectivity index (χ4n) is 3.20. The molecule has 2 aromatic rings. The summed E-state index contributed by atoms with van der Waals surface area (Å²) in [7, 11) is 1.76. The van der Waals surface area contributed by atoms with Gasteiger partial charge in [0, 0.05) is 43.3 Å². The Morgan fingerprint density at radius 2 is 2.00 bits per heavy atom. The maximum absolute atomic E-state index is 5.44. The van der Waals surface area contributed by atoms with Crippen LogP contribution in [0.25, 0.3) is 10.9 Å². The molecule has 0 atom stereocenters. The van der Waals surface area contributed by atoms with Crippen LogP contribution in [0.4, 0.5) is 0 Å². The third-order valence-corrected chi connectivity index (χ3v) is 4.77. The number of methoxy groups -OCH3 is 1. The van der Waals surface area contributed by atoms with Crippen molar-refractivity contribution >= 4 is 10.9 Å². The number of H-pyrrole nitrogens is 1. The summed E-state index contributed by atoms with van der Waals surface area (Å²) >= 11 is 0. The highest BCUT2D eigenvalue weighted by Gasteiger charge is 2.15. The Balaban J connectivity index is 1.62. The minimum Gasteiger partial charge on any atom is -0.377 e. The molecular formula is C19H29N3O. The molecule has 0 unspecified atom stereocenters. The first kappa shape index (κ1) is 16.5. The molecule has 0 spiro atoms. The van der Waals surface area contributed by atoms with E-state index in [-0.39, 0.29) is 5.60 Å². The van der Waals surface area contributed by atoms with Gasteiger partial charge in [-0.2, -0.15) is 0 Å². The molecule has 0 saturated carbocycles. The van der Waals surface area contributed by atoms with Gasteiger partial charge < -0.3 is 15.0 Å². The predicted molar refractivity (Wildman–Crippen MR) is 95.6 cm³/mol. The molecule has 1 aromatic carbocycles. The number of nitrogens with zero attached hydrogens (tertiary/aromatic N) is 1. The number of rotatable bonds is 7. The van der Waals surface area contributed by atoms with E-state index in [4.69, 9.17) is 4.74 Å². The van der Waals surface area contributed by atoms with E-state index < -0.39 is 0 Å². The predicted octanol–water partition coefficient (Wildman–Crippen LogP) is 3.28. The molecule has 1 aliphatic rings. The molecule has 1 aliphatic heterocycles. The van der Waals surface area contributed by atoms with Gasteiger partial charge in [-0.15, -0.1) is 0 Å². The Morgan fingerprint density at radius 1 is 1.22 bits per heavy atom. The molecule has 1 saturated heterocycles. The molecule has 126 valence electrons. The van der Waals surface area contributed by atoms with Gasteiger partial charge in [0.05, 0.1) is 5.60 Å². The molecule has 4 heteroatoms. The van der Waals surface area contributed by atoms with Gasteiger partial charge in [-0.3, -0.25) is 4.90 Å². The molecule has 23 heavy (non-hydrogen) atoms. The molecule has 4 nitrogen and oxygen atoms in total. The van der Waals surface area contributed by atoms with Crippen LogP contribution in [0.3, 0.4) is 0 Å². The van der Waals surface area contributed by atoms with Crippen LogP contribution >= 0.6 is 0 Å². The van der Waals surface area contributed by atoms with Crippen molar-refractivity contribution in [3.63, 3.8) is 0 Å². The number of hydrogen-bond acceptors (Lipinski definition) is 3. The highest BCUT2D eigenvalue weighted by molar-refractivity contribution is 5.81. The van der Waals surface area contributed by atoms with Gasteiger partial charge in [-0.05, 0) is 63.5 Å². The lowest BCUT2D eigenvalue weighted by Crippen LogP contribution is -2.36. The van der Waals surface area contributed by atoms with Gasteiger partial charge >= 0.3 is 0 Å². The fourth-order valence-corrected chi connectivity index (χ4v) is 3.20. The number of hydrogen-bond donors (Lipinski definition) is 2. The number of nitrogens with one attached hydrogen (secondary N) is 2. The Labute approximate surface area is 139 Å². The molecule has 1 aromatic heterocycles. The molecule has 0 radical (unpaired) electrons. The van der Waals surface area contributed by atoms with E-state index in [1.54, 1.807) is 7.11 Å². The van der Waals surface area contributed by atoms with E-state index in [1.807, 2.05) is 0 Å². The van der Waals surface area contributed by atoms with Crippen molar-refractivity contribution in [3.05, 3.63) is 35.5 Å². The van der Waals surface area contributed by atoms with Gasteiger partial charge in [0.2, 0.25) is 0 Å². The summed E-state index contributed by atoms with van der Waals surface area (Å²) in [5.41, 5.74) is 3.75. The first-order valence-corrected chi connectivity index (χ1v) is 8.64. The van der Waals surface area contributed by atoms with Crippen LogP contribution in [-0.4, -0.2) is 42.2 Å². The van der Waals surface area contributed by atoms with E-state index in [0.717, 1.165) is 19.6 Å². The second-order valence-corrected chi connectivity index (χ2v) is 7.27. The van der Waals surface area contributed by atoms with Gasteiger partial charge in [0.25, 0.3) is 0 Å². The lowest BCUT2D eigenvalue weighted by atomic mass is 10.1. The molecule has 0 aliphatic carbocycles. The maximum Gasteiger partial charge on any atom is 0.0746 e. The number of fused-ring (bicyclic) bond motifs is 1. The van der Waals surface area contributed by atoms with E-state index in [9.17, 15) is 0 Å². The summed E-state index contributed by atoms with van der Waals surface area (Å²) in [6.07, 6.45) is 2.68. The Hall–Kier alpha value is -1.36. The van der Waals surface area contributed by atoms with Crippen LogP contribution in [0.5, 0.6) is 0 Å². The molecule has 3 rings (SSSR count). The SMILES string of the molecule is COC(C)(C)CNCc1ccc2[nH]c(CN3CCCC3)cc2c1. The summed E-state index contributed by atoms with van der Waals surface area (Å²) in [6.45, 7) is 9.42. The maximum atomic E-state index is 5.44. The molecule has 0 amide bonds. The van der Waals surface area contributed by atoms with Crippen LogP contribution in [0.1, 0.15) is 37.9 Å². The average molecular weight is 315 g/mol. The largest absolute Gasteiger partial charge is 0.377 e. The lowest BCUT2D eigenvalue weighted by molar-refractivity contribution is 0.0231. The standard InChI is InChI=1S/C19H29N3O/c1-19(2,23-3)14-20-12-15-6-7-18-16(10-15)11-17(21-18)13-22-8-4-5-9-22/h6-7,10-11,20-21H,4-5,8-9,12-14H2,1-3H3. The monoisotopic (exact) mass is 315 g/mol. The summed E-state index contributed by atoms with van der Waals surface area (Å²) in [5, 5.41) is 4.79. The molecular weight excluding hydrogens is 286 g/mol. The van der Waals surface area contributed by atoms with E-state index in [2.05, 4.69) is 53.3 Å². The Kier molecular flexibility index (Phi) is 5.05. The Morgan fingerprint density at radius 3 is 2.74 bits per heavy atom. The quantitative estimate of drug-likeness (QED) is 0.824. The van der Waals surface area contributed by atoms with Gasteiger partial charge in [-0.25, -0.2) is 0 Å². The molecule has 0 bridgehead atoms. The zero-order valence-electron chi connectivity index (χ0n) is 14.6. The fraction of sp³-hybridized carbons (Fsp3) is 0.579. The van der Waals surface area contributed by atoms with Crippen molar-refractivity contribution in [1.29, 1.82) is 0 Å². The number of likely N-dealkylation sites (tertiary alicyclic amines) is 1. The van der Waals surface area contributed by atoms with Crippen LogP contribution < -0.4 is 5.32 Å². The van der Waals surface area contributed by atoms with Gasteiger partial charge in [0.15, 0.2) is 0 Å². The molecule has 1 fully saturated rings. The van der Waals surface area contributed by atoms with Crippen LogP contribution in [0.15, 0.2) is 24.3 Å². The van der Waals surface area contributed by atoms with E-state index in [1.165, 1.54) is 48.1 Å². The second-order valence-electron chi connectivity index (χ2n) is 7.27. The van der Waals surface area contributed by atoms with Crippen molar-refractivity contribution in [2.45, 2.75) is 45.4 Å². The minimum atomic E-state index is -0.124. The third-order valence-electron chi connectivity index (χ3n) is 4.77. The van der Waals surface area contributed by atoms with Crippen molar-refractivity contribution < 1.29 is 4.74 Å². The summed E-state index contributed by atoms with van der Waals surface area (Å²) < 4.78 is 5.44.